The van der Waals surface area contributed by atoms with Gasteiger partial charge in [0.25, 0.3) is 0 Å². The standard InChI is InChI=1S/C35H29P/c1-3-7-30(8-4-1)35(31-9-5-2-6-10-31)24-34(35)36-33-22-21-29-23-32(33)28-19-15-26(16-20-28)12-11-25-13-17-27(29)18-14-25/h1-10,13-23,34,36H,11-12,24H2. The first-order valence-electron chi connectivity index (χ1n) is 13.0. The third-order valence-electron chi connectivity index (χ3n) is 8.14. The van der Waals surface area contributed by atoms with Gasteiger partial charge in [0.05, 0.1) is 0 Å². The molecule has 2 atom stereocenters. The van der Waals surface area contributed by atoms with E-state index in [4.69, 9.17) is 0 Å². The Morgan fingerprint density at radius 3 is 1.64 bits per heavy atom. The van der Waals surface area contributed by atoms with Crippen molar-refractivity contribution in [2.75, 3.05) is 0 Å². The average Bonchev–Trinajstić information content (AvgIpc) is 3.68. The summed E-state index contributed by atoms with van der Waals surface area (Å²) in [6.45, 7) is 0. The first kappa shape index (κ1) is 21.8. The maximum Gasteiger partial charge on any atom is 0.0277 e. The minimum absolute atomic E-state index is 0.120. The fourth-order valence-corrected chi connectivity index (χ4v) is 7.92. The summed E-state index contributed by atoms with van der Waals surface area (Å²) >= 11 is 0. The zero-order valence-electron chi connectivity index (χ0n) is 20.3. The molecular weight excluding hydrogens is 451 g/mol. The average molecular weight is 481 g/mol. The van der Waals surface area contributed by atoms with Gasteiger partial charge >= 0.3 is 0 Å². The van der Waals surface area contributed by atoms with E-state index < -0.39 is 0 Å². The van der Waals surface area contributed by atoms with E-state index in [-0.39, 0.29) is 5.41 Å². The van der Waals surface area contributed by atoms with E-state index in [1.807, 2.05) is 0 Å². The Morgan fingerprint density at radius 1 is 0.528 bits per heavy atom. The second kappa shape index (κ2) is 8.88. The molecule has 0 N–H and O–H groups in total. The van der Waals surface area contributed by atoms with Crippen LogP contribution in [0.25, 0.3) is 22.3 Å². The molecule has 36 heavy (non-hydrogen) atoms. The summed E-state index contributed by atoms with van der Waals surface area (Å²) in [5.41, 5.74) is 11.8. The molecule has 1 heteroatoms. The van der Waals surface area contributed by atoms with E-state index in [0.717, 1.165) is 21.4 Å². The van der Waals surface area contributed by atoms with Gasteiger partial charge in [0.2, 0.25) is 0 Å². The van der Waals surface area contributed by atoms with Crippen molar-refractivity contribution in [2.24, 2.45) is 0 Å². The van der Waals surface area contributed by atoms with E-state index in [2.05, 4.69) is 127 Å². The highest BCUT2D eigenvalue weighted by Gasteiger charge is 2.56. The van der Waals surface area contributed by atoms with Crippen LogP contribution < -0.4 is 5.30 Å². The summed E-state index contributed by atoms with van der Waals surface area (Å²) in [6.07, 6.45) is 3.39. The molecule has 5 aliphatic rings. The monoisotopic (exact) mass is 480 g/mol. The van der Waals surface area contributed by atoms with Crippen LogP contribution in [0.4, 0.5) is 0 Å². The lowest BCUT2D eigenvalue weighted by molar-refractivity contribution is 0.851. The number of hydrogen-bond acceptors (Lipinski definition) is 0. The molecule has 0 aliphatic heterocycles. The van der Waals surface area contributed by atoms with Crippen LogP contribution in [-0.2, 0) is 18.3 Å². The zero-order chi connectivity index (χ0) is 24.0. The molecule has 0 radical (unpaired) electrons. The van der Waals surface area contributed by atoms with Crippen LogP contribution >= 0.6 is 8.58 Å². The van der Waals surface area contributed by atoms with Gasteiger partial charge in [-0.15, -0.1) is 0 Å². The Hall–Kier alpha value is -3.47. The maximum absolute atomic E-state index is 2.43. The molecule has 6 bridgehead atoms. The van der Waals surface area contributed by atoms with Gasteiger partial charge in [0, 0.05) is 5.41 Å². The Kier molecular flexibility index (Phi) is 5.37. The minimum Gasteiger partial charge on any atom is -0.0852 e. The third kappa shape index (κ3) is 3.82. The SMILES string of the molecule is c1ccc(C2(c3ccccc3)CC2Pc2ccc3cc2-c2ccc(cc2)CCc2ccc-3cc2)cc1. The highest BCUT2D eigenvalue weighted by atomic mass is 31.1. The maximum atomic E-state index is 2.43. The van der Waals surface area contributed by atoms with E-state index in [1.165, 1.54) is 56.2 Å². The van der Waals surface area contributed by atoms with Crippen LogP contribution in [0, 0.1) is 0 Å². The van der Waals surface area contributed by atoms with Crippen LogP contribution in [0.3, 0.4) is 0 Å². The number of hydrogen-bond donors (Lipinski definition) is 0. The summed E-state index contributed by atoms with van der Waals surface area (Å²) in [4.78, 5) is 0. The lowest BCUT2D eigenvalue weighted by Gasteiger charge is -2.20. The molecule has 1 fully saturated rings. The molecule has 0 saturated heterocycles. The molecular formula is C35H29P. The molecule has 0 aromatic heterocycles. The van der Waals surface area contributed by atoms with Crippen LogP contribution in [0.15, 0.2) is 127 Å². The first-order valence-corrected chi connectivity index (χ1v) is 14.1. The minimum atomic E-state index is 0.120. The topological polar surface area (TPSA) is 0 Å². The Morgan fingerprint density at radius 2 is 1.06 bits per heavy atom. The van der Waals surface area contributed by atoms with Gasteiger partial charge in [0.15, 0.2) is 0 Å². The van der Waals surface area contributed by atoms with E-state index in [1.54, 1.807) is 0 Å². The predicted octanol–water partition coefficient (Wildman–Crippen LogP) is 8.18. The summed E-state index contributed by atoms with van der Waals surface area (Å²) < 4.78 is 0. The van der Waals surface area contributed by atoms with Gasteiger partial charge in [-0.1, -0.05) is 130 Å². The van der Waals surface area contributed by atoms with Gasteiger partial charge in [-0.05, 0) is 80.8 Å². The molecule has 1 saturated carbocycles. The Balaban J connectivity index is 1.31. The van der Waals surface area contributed by atoms with Crippen molar-refractivity contribution in [3.8, 4) is 22.3 Å². The van der Waals surface area contributed by atoms with Crippen molar-refractivity contribution < 1.29 is 0 Å². The Bertz CT molecular complexity index is 1460. The Labute approximate surface area is 215 Å². The van der Waals surface area contributed by atoms with Crippen molar-refractivity contribution in [3.05, 3.63) is 150 Å². The molecule has 0 heterocycles. The molecule has 5 aliphatic carbocycles. The van der Waals surface area contributed by atoms with Crippen LogP contribution in [-0.4, -0.2) is 5.66 Å². The summed E-state index contributed by atoms with van der Waals surface area (Å²) in [7, 11) is 0.761. The highest BCUT2D eigenvalue weighted by molar-refractivity contribution is 7.49. The zero-order valence-corrected chi connectivity index (χ0v) is 21.3. The van der Waals surface area contributed by atoms with Crippen molar-refractivity contribution in [3.63, 3.8) is 0 Å². The van der Waals surface area contributed by atoms with Gasteiger partial charge < -0.3 is 0 Å². The van der Waals surface area contributed by atoms with Crippen molar-refractivity contribution in [1.82, 2.24) is 0 Å². The summed E-state index contributed by atoms with van der Waals surface area (Å²) in [6, 6.07) is 48.0. The van der Waals surface area contributed by atoms with Crippen LogP contribution in [0.5, 0.6) is 0 Å². The first-order chi connectivity index (χ1) is 17.8. The van der Waals surface area contributed by atoms with Gasteiger partial charge in [-0.25, -0.2) is 0 Å². The van der Waals surface area contributed by atoms with Gasteiger partial charge in [-0.2, -0.15) is 0 Å². The van der Waals surface area contributed by atoms with Crippen molar-refractivity contribution in [2.45, 2.75) is 30.3 Å². The fourth-order valence-electron chi connectivity index (χ4n) is 5.99. The lowest BCUT2D eigenvalue weighted by Crippen LogP contribution is -2.14. The third-order valence-corrected chi connectivity index (χ3v) is 9.93. The smallest absolute Gasteiger partial charge is 0.0277 e. The molecule has 174 valence electrons. The molecule has 0 amide bonds. The summed E-state index contributed by atoms with van der Waals surface area (Å²) in [5.74, 6) is 0. The quantitative estimate of drug-likeness (QED) is 0.228. The van der Waals surface area contributed by atoms with Crippen molar-refractivity contribution >= 4 is 13.9 Å². The van der Waals surface area contributed by atoms with E-state index >= 15 is 0 Å². The second-order valence-corrected chi connectivity index (χ2v) is 11.8. The number of benzene rings is 5. The molecule has 5 aromatic rings. The molecule has 2 unspecified atom stereocenters. The molecule has 5 aromatic carbocycles. The van der Waals surface area contributed by atoms with Gasteiger partial charge in [-0.3, -0.25) is 0 Å². The number of rotatable bonds is 4. The van der Waals surface area contributed by atoms with Crippen LogP contribution in [0.2, 0.25) is 0 Å². The van der Waals surface area contributed by atoms with Crippen molar-refractivity contribution in [1.29, 1.82) is 0 Å². The lowest BCUT2D eigenvalue weighted by atomic mass is 9.88. The normalized spacial score (nSPS) is 17.5. The highest BCUT2D eigenvalue weighted by Crippen LogP contribution is 2.61. The fraction of sp³-hybridized carbons (Fsp3) is 0.143. The molecule has 10 rings (SSSR count). The largest absolute Gasteiger partial charge is 0.0852 e. The summed E-state index contributed by atoms with van der Waals surface area (Å²) in [5, 5.41) is 1.48. The predicted molar refractivity (Wildman–Crippen MR) is 155 cm³/mol. The van der Waals surface area contributed by atoms with E-state index in [0.29, 0.717) is 5.66 Å². The molecule has 0 nitrogen and oxygen atoms in total. The van der Waals surface area contributed by atoms with Gasteiger partial charge in [0.1, 0.15) is 0 Å². The number of aryl methyl sites for hydroxylation is 2. The second-order valence-electron chi connectivity index (χ2n) is 10.3. The van der Waals surface area contributed by atoms with Crippen LogP contribution in [0.1, 0.15) is 28.7 Å². The van der Waals surface area contributed by atoms with E-state index in [9.17, 15) is 0 Å². The molecule has 0 spiro atoms.